The zero-order valence-electron chi connectivity index (χ0n) is 12.9. The van der Waals surface area contributed by atoms with Gasteiger partial charge in [0.2, 0.25) is 0 Å². The number of carbonyl (C=O) groups is 1. The molecule has 4 heteroatoms. The number of benzene rings is 2. The van der Waals surface area contributed by atoms with Gasteiger partial charge in [0.25, 0.3) is 5.91 Å². The summed E-state index contributed by atoms with van der Waals surface area (Å²) in [6.45, 7) is 4.75. The van der Waals surface area contributed by atoms with Crippen molar-refractivity contribution in [2.45, 2.75) is 20.3 Å². The molecule has 0 N–H and O–H groups in total. The van der Waals surface area contributed by atoms with Crippen molar-refractivity contribution in [1.82, 2.24) is 0 Å². The van der Waals surface area contributed by atoms with Crippen molar-refractivity contribution in [1.29, 1.82) is 0 Å². The van der Waals surface area contributed by atoms with E-state index in [1.807, 2.05) is 31.2 Å². The molecule has 22 heavy (non-hydrogen) atoms. The molecule has 0 heterocycles. The average molecular weight is 318 g/mol. The van der Waals surface area contributed by atoms with Gasteiger partial charge in [0.05, 0.1) is 0 Å². The van der Waals surface area contributed by atoms with Gasteiger partial charge in [-0.2, -0.15) is 0 Å². The molecule has 0 aliphatic rings. The summed E-state index contributed by atoms with van der Waals surface area (Å²) >= 11 is 5.83. The molecule has 2 aromatic carbocycles. The second-order valence-electron chi connectivity index (χ2n) is 5.13. The Morgan fingerprint density at radius 3 is 2.55 bits per heavy atom. The fourth-order valence-electron chi connectivity index (χ4n) is 2.17. The molecule has 1 amide bonds. The number of aryl methyl sites for hydroxylation is 1. The Morgan fingerprint density at radius 2 is 1.91 bits per heavy atom. The second-order valence-corrected chi connectivity index (χ2v) is 5.56. The van der Waals surface area contributed by atoms with Crippen LogP contribution in [0.1, 0.15) is 18.9 Å². The number of hydrogen-bond donors (Lipinski definition) is 0. The summed E-state index contributed by atoms with van der Waals surface area (Å²) in [5.41, 5.74) is 2.04. The molecule has 0 saturated heterocycles. The number of carbonyl (C=O) groups excluding carboxylic acids is 1. The molecule has 2 aromatic rings. The van der Waals surface area contributed by atoms with Gasteiger partial charge in [0.1, 0.15) is 5.75 Å². The lowest BCUT2D eigenvalue weighted by Gasteiger charge is -2.22. The lowest BCUT2D eigenvalue weighted by atomic mass is 10.2. The summed E-state index contributed by atoms with van der Waals surface area (Å²) in [4.78, 5) is 14.2. The van der Waals surface area contributed by atoms with Crippen LogP contribution in [0.4, 0.5) is 5.69 Å². The molecule has 0 aliphatic heterocycles. The molecular formula is C18H20ClNO2. The third kappa shape index (κ3) is 4.50. The molecule has 0 bridgehead atoms. The second kappa shape index (κ2) is 7.85. The number of ether oxygens (including phenoxy) is 1. The van der Waals surface area contributed by atoms with E-state index in [-0.39, 0.29) is 12.5 Å². The molecule has 0 fully saturated rings. The molecule has 3 nitrogen and oxygen atoms in total. The monoisotopic (exact) mass is 317 g/mol. The minimum absolute atomic E-state index is 0.00950. The van der Waals surface area contributed by atoms with Crippen LogP contribution in [0, 0.1) is 6.92 Å². The van der Waals surface area contributed by atoms with Crippen molar-refractivity contribution in [3.63, 3.8) is 0 Å². The van der Waals surface area contributed by atoms with Crippen LogP contribution in [0.25, 0.3) is 0 Å². The summed E-state index contributed by atoms with van der Waals surface area (Å²) in [6, 6.07) is 14.9. The SMILES string of the molecule is CCCN(C(=O)COc1ccc(Cl)cc1)c1cccc(C)c1. The highest BCUT2D eigenvalue weighted by Gasteiger charge is 2.15. The van der Waals surface area contributed by atoms with E-state index in [1.54, 1.807) is 29.2 Å². The van der Waals surface area contributed by atoms with Gasteiger partial charge >= 0.3 is 0 Å². The highest BCUT2D eigenvalue weighted by molar-refractivity contribution is 6.30. The quantitative estimate of drug-likeness (QED) is 0.786. The molecule has 0 atom stereocenters. The van der Waals surface area contributed by atoms with Crippen molar-refractivity contribution < 1.29 is 9.53 Å². The predicted molar refractivity (Wildman–Crippen MR) is 90.8 cm³/mol. The van der Waals surface area contributed by atoms with Crippen LogP contribution >= 0.6 is 11.6 Å². The lowest BCUT2D eigenvalue weighted by Crippen LogP contribution is -2.35. The fourth-order valence-corrected chi connectivity index (χ4v) is 2.30. The number of anilines is 1. The molecule has 0 radical (unpaired) electrons. The lowest BCUT2D eigenvalue weighted by molar-refractivity contribution is -0.120. The zero-order valence-corrected chi connectivity index (χ0v) is 13.6. The summed E-state index contributed by atoms with van der Waals surface area (Å²) in [5, 5.41) is 0.644. The van der Waals surface area contributed by atoms with Crippen LogP contribution < -0.4 is 9.64 Å². The standard InChI is InChI=1S/C18H20ClNO2/c1-3-11-20(16-6-4-5-14(2)12-16)18(21)13-22-17-9-7-15(19)8-10-17/h4-10,12H,3,11,13H2,1-2H3. The Balaban J connectivity index is 2.05. The average Bonchev–Trinajstić information content (AvgIpc) is 2.52. The van der Waals surface area contributed by atoms with E-state index in [1.165, 1.54) is 0 Å². The van der Waals surface area contributed by atoms with Gasteiger partial charge in [-0.3, -0.25) is 4.79 Å². The summed E-state index contributed by atoms with van der Waals surface area (Å²) in [6.07, 6.45) is 0.890. The number of nitrogens with zero attached hydrogens (tertiary/aromatic N) is 1. The van der Waals surface area contributed by atoms with Gasteiger partial charge in [0.15, 0.2) is 6.61 Å². The Hall–Kier alpha value is -2.00. The first kappa shape index (κ1) is 16.4. The van der Waals surface area contributed by atoms with E-state index in [2.05, 4.69) is 6.92 Å². The Kier molecular flexibility index (Phi) is 5.84. The molecule has 0 aromatic heterocycles. The zero-order chi connectivity index (χ0) is 15.9. The van der Waals surface area contributed by atoms with Crippen LogP contribution in [-0.4, -0.2) is 19.1 Å². The number of halogens is 1. The molecule has 0 aliphatic carbocycles. The van der Waals surface area contributed by atoms with Crippen molar-refractivity contribution in [3.8, 4) is 5.75 Å². The first-order valence-corrected chi connectivity index (χ1v) is 7.73. The van der Waals surface area contributed by atoms with Gasteiger partial charge in [-0.05, 0) is 55.3 Å². The van der Waals surface area contributed by atoms with Crippen molar-refractivity contribution in [3.05, 3.63) is 59.1 Å². The molecule has 116 valence electrons. The van der Waals surface area contributed by atoms with E-state index in [0.29, 0.717) is 17.3 Å². The van der Waals surface area contributed by atoms with E-state index < -0.39 is 0 Å². The van der Waals surface area contributed by atoms with Gasteiger partial charge in [0, 0.05) is 17.3 Å². The Bertz CT molecular complexity index is 625. The molecular weight excluding hydrogens is 298 g/mol. The smallest absolute Gasteiger partial charge is 0.264 e. The van der Waals surface area contributed by atoms with Crippen LogP contribution in [0.2, 0.25) is 5.02 Å². The maximum atomic E-state index is 12.5. The third-order valence-electron chi connectivity index (χ3n) is 3.24. The maximum Gasteiger partial charge on any atom is 0.264 e. The minimum Gasteiger partial charge on any atom is -0.484 e. The topological polar surface area (TPSA) is 29.5 Å². The minimum atomic E-state index is -0.0533. The third-order valence-corrected chi connectivity index (χ3v) is 3.49. The highest BCUT2D eigenvalue weighted by atomic mass is 35.5. The number of amides is 1. The molecule has 2 rings (SSSR count). The highest BCUT2D eigenvalue weighted by Crippen LogP contribution is 2.18. The molecule has 0 spiro atoms. The molecule has 0 saturated carbocycles. The van der Waals surface area contributed by atoms with Gasteiger partial charge in [-0.15, -0.1) is 0 Å². The first-order chi connectivity index (χ1) is 10.6. The summed E-state index contributed by atoms with van der Waals surface area (Å²) in [7, 11) is 0. The fraction of sp³-hybridized carbons (Fsp3) is 0.278. The normalized spacial score (nSPS) is 10.3. The van der Waals surface area contributed by atoms with Gasteiger partial charge < -0.3 is 9.64 Å². The Labute approximate surface area is 136 Å². The summed E-state index contributed by atoms with van der Waals surface area (Å²) < 4.78 is 5.55. The van der Waals surface area contributed by atoms with Gasteiger partial charge in [-0.1, -0.05) is 30.7 Å². The first-order valence-electron chi connectivity index (χ1n) is 7.35. The van der Waals surface area contributed by atoms with Crippen molar-refractivity contribution in [2.75, 3.05) is 18.1 Å². The van der Waals surface area contributed by atoms with Crippen LogP contribution in [-0.2, 0) is 4.79 Å². The van der Waals surface area contributed by atoms with Crippen molar-refractivity contribution in [2.24, 2.45) is 0 Å². The Morgan fingerprint density at radius 1 is 1.18 bits per heavy atom. The van der Waals surface area contributed by atoms with Crippen LogP contribution in [0.5, 0.6) is 5.75 Å². The largest absolute Gasteiger partial charge is 0.484 e. The van der Waals surface area contributed by atoms with Crippen molar-refractivity contribution >= 4 is 23.2 Å². The van der Waals surface area contributed by atoms with E-state index in [4.69, 9.17) is 16.3 Å². The number of rotatable bonds is 6. The number of hydrogen-bond acceptors (Lipinski definition) is 2. The van der Waals surface area contributed by atoms with Crippen LogP contribution in [0.15, 0.2) is 48.5 Å². The van der Waals surface area contributed by atoms with E-state index >= 15 is 0 Å². The molecule has 0 unspecified atom stereocenters. The summed E-state index contributed by atoms with van der Waals surface area (Å²) in [5.74, 6) is 0.584. The van der Waals surface area contributed by atoms with E-state index in [9.17, 15) is 4.79 Å². The van der Waals surface area contributed by atoms with E-state index in [0.717, 1.165) is 17.7 Å². The maximum absolute atomic E-state index is 12.5. The van der Waals surface area contributed by atoms with Gasteiger partial charge in [-0.25, -0.2) is 0 Å². The predicted octanol–water partition coefficient (Wildman–Crippen LogP) is 4.47. The van der Waals surface area contributed by atoms with Crippen LogP contribution in [0.3, 0.4) is 0 Å².